The van der Waals surface area contributed by atoms with Crippen molar-refractivity contribution in [1.29, 1.82) is 0 Å². The summed E-state index contributed by atoms with van der Waals surface area (Å²) in [5.74, 6) is 0. The van der Waals surface area contributed by atoms with Crippen LogP contribution in [0, 0.1) is 0 Å². The Morgan fingerprint density at radius 1 is 1.70 bits per heavy atom. The summed E-state index contributed by atoms with van der Waals surface area (Å²) in [7, 11) is 3.06. The summed E-state index contributed by atoms with van der Waals surface area (Å²) in [5, 5.41) is 8.53. The predicted octanol–water partition coefficient (Wildman–Crippen LogP) is 0.733. The van der Waals surface area contributed by atoms with Gasteiger partial charge in [0.25, 0.3) is 0 Å². The lowest BCUT2D eigenvalue weighted by Gasteiger charge is -2.23. The van der Waals surface area contributed by atoms with Gasteiger partial charge in [-0.05, 0) is 12.8 Å². The number of hydrogen-bond donors (Lipinski definition) is 1. The molecule has 0 unspecified atom stereocenters. The molecule has 58 valence electrons. The van der Waals surface area contributed by atoms with Crippen LogP contribution in [0.15, 0.2) is 0 Å². The lowest BCUT2D eigenvalue weighted by Crippen LogP contribution is -2.39. The molecular formula is C6H11NO3. The van der Waals surface area contributed by atoms with Gasteiger partial charge in [0.15, 0.2) is 0 Å². The zero-order valence-corrected chi connectivity index (χ0v) is 6.13. The average molecular weight is 145 g/mol. The fourth-order valence-corrected chi connectivity index (χ4v) is 0.958. The van der Waals surface area contributed by atoms with E-state index in [-0.39, 0.29) is 0 Å². The van der Waals surface area contributed by atoms with Crippen LogP contribution in [-0.2, 0) is 4.74 Å². The molecule has 1 saturated carbocycles. The van der Waals surface area contributed by atoms with Gasteiger partial charge in [0.05, 0.1) is 0 Å². The standard InChI is InChI=1S/C6H11NO3/c1-7(5(8)9)6(10-2)3-4-6/h3-4H2,1-2H3,(H,8,9). The van der Waals surface area contributed by atoms with Crippen molar-refractivity contribution in [1.82, 2.24) is 4.90 Å². The number of nitrogens with zero attached hydrogens (tertiary/aromatic N) is 1. The molecule has 1 N–H and O–H groups in total. The summed E-state index contributed by atoms with van der Waals surface area (Å²) in [6, 6.07) is 0. The van der Waals surface area contributed by atoms with Crippen molar-refractivity contribution in [2.24, 2.45) is 0 Å². The molecule has 4 nitrogen and oxygen atoms in total. The van der Waals surface area contributed by atoms with E-state index in [2.05, 4.69) is 0 Å². The molecule has 1 rings (SSSR count). The summed E-state index contributed by atoms with van der Waals surface area (Å²) in [6.07, 6.45) is 0.692. The molecule has 0 aromatic carbocycles. The van der Waals surface area contributed by atoms with Gasteiger partial charge < -0.3 is 9.84 Å². The Balaban J connectivity index is 2.55. The maximum absolute atomic E-state index is 10.4. The fraction of sp³-hybridized carbons (Fsp3) is 0.833. The predicted molar refractivity (Wildman–Crippen MR) is 34.8 cm³/mol. The Bertz CT molecular complexity index is 153. The molecule has 1 fully saturated rings. The Labute approximate surface area is 59.4 Å². The fourth-order valence-electron chi connectivity index (χ4n) is 0.958. The number of carbonyl (C=O) groups is 1. The van der Waals surface area contributed by atoms with Gasteiger partial charge in [0.1, 0.15) is 5.72 Å². The van der Waals surface area contributed by atoms with Crippen LogP contribution in [0.4, 0.5) is 4.79 Å². The van der Waals surface area contributed by atoms with Crippen LogP contribution in [-0.4, -0.2) is 36.0 Å². The monoisotopic (exact) mass is 145 g/mol. The second-order valence-corrected chi connectivity index (χ2v) is 2.49. The van der Waals surface area contributed by atoms with E-state index in [1.165, 1.54) is 19.1 Å². The molecule has 10 heavy (non-hydrogen) atoms. The summed E-state index contributed by atoms with van der Waals surface area (Å²) < 4.78 is 5.02. The molecule has 0 atom stereocenters. The Hall–Kier alpha value is -0.770. The van der Waals surface area contributed by atoms with Crippen LogP contribution in [0.2, 0.25) is 0 Å². The van der Waals surface area contributed by atoms with E-state index >= 15 is 0 Å². The molecule has 0 spiro atoms. The quantitative estimate of drug-likeness (QED) is 0.583. The third kappa shape index (κ3) is 0.945. The van der Waals surface area contributed by atoms with Gasteiger partial charge in [-0.15, -0.1) is 0 Å². The van der Waals surface area contributed by atoms with Crippen LogP contribution >= 0.6 is 0 Å². The Morgan fingerprint density at radius 2 is 2.20 bits per heavy atom. The topological polar surface area (TPSA) is 49.8 Å². The second kappa shape index (κ2) is 2.12. The van der Waals surface area contributed by atoms with Crippen molar-refractivity contribution >= 4 is 6.09 Å². The van der Waals surface area contributed by atoms with Crippen LogP contribution in [0.5, 0.6) is 0 Å². The Morgan fingerprint density at radius 3 is 2.30 bits per heavy atom. The molecule has 0 bridgehead atoms. The highest BCUT2D eigenvalue weighted by Crippen LogP contribution is 2.41. The normalized spacial score (nSPS) is 20.2. The minimum absolute atomic E-state index is 0.494. The van der Waals surface area contributed by atoms with Crippen molar-refractivity contribution in [3.8, 4) is 0 Å². The molecule has 1 aliphatic carbocycles. The number of amides is 1. The number of rotatable bonds is 2. The third-order valence-electron chi connectivity index (χ3n) is 1.96. The largest absolute Gasteiger partial charge is 0.465 e. The molecule has 1 aliphatic rings. The van der Waals surface area contributed by atoms with Gasteiger partial charge in [0.2, 0.25) is 0 Å². The molecular weight excluding hydrogens is 134 g/mol. The minimum atomic E-state index is -0.931. The number of ether oxygens (including phenoxy) is 1. The van der Waals surface area contributed by atoms with Gasteiger partial charge in [-0.25, -0.2) is 4.79 Å². The van der Waals surface area contributed by atoms with Gasteiger partial charge >= 0.3 is 6.09 Å². The van der Waals surface area contributed by atoms with Crippen molar-refractivity contribution in [3.05, 3.63) is 0 Å². The third-order valence-corrected chi connectivity index (χ3v) is 1.96. The highest BCUT2D eigenvalue weighted by atomic mass is 16.5. The van der Waals surface area contributed by atoms with Crippen LogP contribution in [0.3, 0.4) is 0 Å². The molecule has 0 aromatic rings. The molecule has 0 heterocycles. The van der Waals surface area contributed by atoms with E-state index in [4.69, 9.17) is 9.84 Å². The van der Waals surface area contributed by atoms with Crippen LogP contribution < -0.4 is 0 Å². The molecule has 1 amide bonds. The Kier molecular flexibility index (Phi) is 1.56. The molecule has 0 aromatic heterocycles. The van der Waals surface area contributed by atoms with Gasteiger partial charge in [-0.2, -0.15) is 0 Å². The molecule has 0 aliphatic heterocycles. The summed E-state index contributed by atoms with van der Waals surface area (Å²) in [6.45, 7) is 0. The van der Waals surface area contributed by atoms with Crippen molar-refractivity contribution < 1.29 is 14.6 Å². The van der Waals surface area contributed by atoms with E-state index in [1.54, 1.807) is 0 Å². The lowest BCUT2D eigenvalue weighted by atomic mass is 10.5. The first kappa shape index (κ1) is 7.34. The van der Waals surface area contributed by atoms with E-state index in [1.807, 2.05) is 0 Å². The summed E-state index contributed by atoms with van der Waals surface area (Å²) >= 11 is 0. The first-order valence-corrected chi connectivity index (χ1v) is 3.14. The van der Waals surface area contributed by atoms with E-state index in [9.17, 15) is 4.79 Å². The van der Waals surface area contributed by atoms with Crippen LogP contribution in [0.25, 0.3) is 0 Å². The van der Waals surface area contributed by atoms with Crippen molar-refractivity contribution in [2.45, 2.75) is 18.6 Å². The highest BCUT2D eigenvalue weighted by molar-refractivity contribution is 5.66. The number of hydrogen-bond acceptors (Lipinski definition) is 2. The second-order valence-electron chi connectivity index (χ2n) is 2.49. The minimum Gasteiger partial charge on any atom is -0.465 e. The zero-order chi connectivity index (χ0) is 7.78. The molecule has 0 saturated heterocycles. The van der Waals surface area contributed by atoms with E-state index in [0.29, 0.717) is 0 Å². The highest BCUT2D eigenvalue weighted by Gasteiger charge is 2.49. The maximum atomic E-state index is 10.4. The SMILES string of the molecule is COC1(N(C)C(=O)O)CC1. The molecule has 4 heteroatoms. The van der Waals surface area contributed by atoms with E-state index in [0.717, 1.165) is 12.8 Å². The van der Waals surface area contributed by atoms with Crippen molar-refractivity contribution in [2.75, 3.05) is 14.2 Å². The zero-order valence-electron chi connectivity index (χ0n) is 6.13. The lowest BCUT2D eigenvalue weighted by molar-refractivity contribution is -0.0306. The van der Waals surface area contributed by atoms with Gasteiger partial charge in [-0.1, -0.05) is 0 Å². The maximum Gasteiger partial charge on any atom is 0.409 e. The first-order valence-electron chi connectivity index (χ1n) is 3.14. The average Bonchev–Trinajstić information content (AvgIpc) is 2.66. The van der Waals surface area contributed by atoms with Gasteiger partial charge in [-0.3, -0.25) is 4.90 Å². The summed E-state index contributed by atoms with van der Waals surface area (Å²) in [4.78, 5) is 11.6. The molecule has 0 radical (unpaired) electrons. The smallest absolute Gasteiger partial charge is 0.409 e. The number of methoxy groups -OCH3 is 1. The van der Waals surface area contributed by atoms with Gasteiger partial charge in [0, 0.05) is 14.2 Å². The van der Waals surface area contributed by atoms with Crippen molar-refractivity contribution in [3.63, 3.8) is 0 Å². The number of carboxylic acid groups (broad SMARTS) is 1. The summed E-state index contributed by atoms with van der Waals surface area (Å²) in [5.41, 5.74) is -0.494. The first-order chi connectivity index (χ1) is 4.62. The van der Waals surface area contributed by atoms with E-state index < -0.39 is 11.8 Å². The van der Waals surface area contributed by atoms with Crippen LogP contribution in [0.1, 0.15) is 12.8 Å².